The van der Waals surface area contributed by atoms with Crippen molar-refractivity contribution in [1.29, 1.82) is 0 Å². The second kappa shape index (κ2) is 3.82. The highest BCUT2D eigenvalue weighted by Gasteiger charge is 2.19. The Labute approximate surface area is 87.2 Å². The molecule has 0 spiro atoms. The van der Waals surface area contributed by atoms with Crippen molar-refractivity contribution in [3.8, 4) is 0 Å². The van der Waals surface area contributed by atoms with E-state index in [9.17, 15) is 0 Å². The molecule has 1 aromatic rings. The Morgan fingerprint density at radius 1 is 1.46 bits per heavy atom. The number of hydrogen-bond donors (Lipinski definition) is 1. The summed E-state index contributed by atoms with van der Waals surface area (Å²) >= 11 is 3.51. The molecule has 1 unspecified atom stereocenters. The van der Waals surface area contributed by atoms with Gasteiger partial charge in [0.1, 0.15) is 0 Å². The number of H-pyrrole nitrogens is 1. The zero-order valence-electron chi connectivity index (χ0n) is 7.94. The Morgan fingerprint density at radius 3 is 3.00 bits per heavy atom. The number of halogens is 1. The van der Waals surface area contributed by atoms with Gasteiger partial charge >= 0.3 is 0 Å². The van der Waals surface area contributed by atoms with Gasteiger partial charge < -0.3 is 0 Å². The molecule has 1 aromatic heterocycles. The molecule has 0 saturated carbocycles. The first-order valence-electron chi connectivity index (χ1n) is 4.95. The highest BCUT2D eigenvalue weighted by atomic mass is 79.9. The minimum atomic E-state index is 0.540. The fraction of sp³-hybridized carbons (Fsp3) is 0.700. The zero-order valence-corrected chi connectivity index (χ0v) is 9.52. The molecule has 72 valence electrons. The van der Waals surface area contributed by atoms with Gasteiger partial charge in [0.2, 0.25) is 0 Å². The molecule has 2 nitrogen and oxygen atoms in total. The van der Waals surface area contributed by atoms with Gasteiger partial charge in [-0.2, -0.15) is 5.10 Å². The summed E-state index contributed by atoms with van der Waals surface area (Å²) in [5.41, 5.74) is 4.17. The van der Waals surface area contributed by atoms with Crippen LogP contribution < -0.4 is 0 Å². The quantitative estimate of drug-likeness (QED) is 0.795. The van der Waals surface area contributed by atoms with Crippen LogP contribution >= 0.6 is 15.9 Å². The minimum Gasteiger partial charge on any atom is -0.282 e. The average molecular weight is 243 g/mol. The molecule has 0 aromatic carbocycles. The van der Waals surface area contributed by atoms with Gasteiger partial charge in [0.15, 0.2) is 0 Å². The van der Waals surface area contributed by atoms with Crippen LogP contribution in [0.15, 0.2) is 0 Å². The number of aromatic nitrogens is 2. The molecule has 0 aliphatic heterocycles. The molecule has 1 N–H and O–H groups in total. The third-order valence-corrected chi connectivity index (χ3v) is 3.76. The molecule has 1 heterocycles. The summed E-state index contributed by atoms with van der Waals surface area (Å²) in [5, 5.41) is 8.59. The van der Waals surface area contributed by atoms with E-state index in [1.807, 2.05) is 0 Å². The van der Waals surface area contributed by atoms with Crippen LogP contribution in [0.3, 0.4) is 0 Å². The first-order valence-corrected chi connectivity index (χ1v) is 6.07. The van der Waals surface area contributed by atoms with Gasteiger partial charge in [-0.1, -0.05) is 22.9 Å². The Bertz CT molecular complexity index is 293. The van der Waals surface area contributed by atoms with Crippen molar-refractivity contribution < 1.29 is 0 Å². The van der Waals surface area contributed by atoms with Crippen LogP contribution in [0.4, 0.5) is 0 Å². The lowest BCUT2D eigenvalue weighted by Gasteiger charge is -2.13. The van der Waals surface area contributed by atoms with Gasteiger partial charge in [0.25, 0.3) is 0 Å². The topological polar surface area (TPSA) is 28.7 Å². The third-order valence-electron chi connectivity index (χ3n) is 2.79. The fourth-order valence-electron chi connectivity index (χ4n) is 1.99. The molecule has 1 aliphatic rings. The number of nitrogens with zero attached hydrogens (tertiary/aromatic N) is 1. The SMILES string of the molecule is CC(CBr)c1n[nH]c2c1CCCC2. The number of rotatable bonds is 2. The van der Waals surface area contributed by atoms with Crippen molar-refractivity contribution in [1.82, 2.24) is 10.2 Å². The Morgan fingerprint density at radius 2 is 2.23 bits per heavy atom. The van der Waals surface area contributed by atoms with E-state index in [4.69, 9.17) is 0 Å². The van der Waals surface area contributed by atoms with Crippen molar-refractivity contribution in [3.63, 3.8) is 0 Å². The minimum absolute atomic E-state index is 0.540. The standard InChI is InChI=1S/C10H15BrN2/c1-7(6-11)10-8-4-2-3-5-9(8)12-13-10/h7H,2-6H2,1H3,(H,12,13). The predicted molar refractivity (Wildman–Crippen MR) is 57.4 cm³/mol. The van der Waals surface area contributed by atoms with E-state index in [0.29, 0.717) is 5.92 Å². The van der Waals surface area contributed by atoms with Gasteiger partial charge in [0.05, 0.1) is 5.69 Å². The van der Waals surface area contributed by atoms with Crippen LogP contribution in [0.5, 0.6) is 0 Å². The third kappa shape index (κ3) is 1.66. The summed E-state index contributed by atoms with van der Waals surface area (Å²) in [6.45, 7) is 2.22. The molecule has 2 rings (SSSR count). The molecule has 0 amide bonds. The summed E-state index contributed by atoms with van der Waals surface area (Å²) in [5.74, 6) is 0.540. The van der Waals surface area contributed by atoms with Gasteiger partial charge in [-0.3, -0.25) is 5.10 Å². The van der Waals surface area contributed by atoms with Crippen molar-refractivity contribution in [2.24, 2.45) is 0 Å². The molecule has 0 fully saturated rings. The van der Waals surface area contributed by atoms with E-state index in [2.05, 4.69) is 33.1 Å². The van der Waals surface area contributed by atoms with Crippen LogP contribution in [0, 0.1) is 0 Å². The largest absolute Gasteiger partial charge is 0.282 e. The molecule has 0 saturated heterocycles. The Kier molecular flexibility index (Phi) is 2.72. The van der Waals surface area contributed by atoms with Crippen molar-refractivity contribution >= 4 is 15.9 Å². The average Bonchev–Trinajstić information content (AvgIpc) is 2.60. The molecule has 1 atom stereocenters. The lowest BCUT2D eigenvalue weighted by atomic mass is 9.93. The highest BCUT2D eigenvalue weighted by Crippen LogP contribution is 2.27. The fourth-order valence-corrected chi connectivity index (χ4v) is 2.29. The number of aryl methyl sites for hydroxylation is 1. The summed E-state index contributed by atoms with van der Waals surface area (Å²) in [4.78, 5) is 0. The van der Waals surface area contributed by atoms with Crippen LogP contribution in [0.1, 0.15) is 42.6 Å². The monoisotopic (exact) mass is 242 g/mol. The number of nitrogens with one attached hydrogen (secondary N) is 1. The Balaban J connectivity index is 2.31. The second-order valence-electron chi connectivity index (χ2n) is 3.83. The van der Waals surface area contributed by atoms with Gasteiger partial charge in [-0.25, -0.2) is 0 Å². The van der Waals surface area contributed by atoms with Gasteiger partial charge in [-0.05, 0) is 31.2 Å². The summed E-state index contributed by atoms with van der Waals surface area (Å²) in [6, 6.07) is 0. The van der Waals surface area contributed by atoms with Gasteiger partial charge in [0, 0.05) is 16.9 Å². The van der Waals surface area contributed by atoms with E-state index in [-0.39, 0.29) is 0 Å². The zero-order chi connectivity index (χ0) is 9.26. The first kappa shape index (κ1) is 9.25. The number of hydrogen-bond acceptors (Lipinski definition) is 1. The normalized spacial score (nSPS) is 18.3. The van der Waals surface area contributed by atoms with Crippen molar-refractivity contribution in [3.05, 3.63) is 17.0 Å². The van der Waals surface area contributed by atoms with E-state index < -0.39 is 0 Å². The van der Waals surface area contributed by atoms with Crippen LogP contribution in [0.2, 0.25) is 0 Å². The molecule has 13 heavy (non-hydrogen) atoms. The summed E-state index contributed by atoms with van der Waals surface area (Å²) in [7, 11) is 0. The summed E-state index contributed by atoms with van der Waals surface area (Å²) in [6.07, 6.45) is 5.06. The molecule has 3 heteroatoms. The van der Waals surface area contributed by atoms with E-state index in [0.717, 1.165) is 5.33 Å². The molecule has 0 bridgehead atoms. The lowest BCUT2D eigenvalue weighted by Crippen LogP contribution is -2.05. The van der Waals surface area contributed by atoms with E-state index in [1.54, 1.807) is 0 Å². The molecular formula is C10H15BrN2. The van der Waals surface area contributed by atoms with Crippen LogP contribution in [-0.2, 0) is 12.8 Å². The number of aromatic amines is 1. The maximum absolute atomic E-state index is 4.41. The predicted octanol–water partition coefficient (Wildman–Crippen LogP) is 2.79. The van der Waals surface area contributed by atoms with Crippen LogP contribution in [-0.4, -0.2) is 15.5 Å². The van der Waals surface area contributed by atoms with Gasteiger partial charge in [-0.15, -0.1) is 0 Å². The van der Waals surface area contributed by atoms with Crippen molar-refractivity contribution in [2.45, 2.75) is 38.5 Å². The molecular weight excluding hydrogens is 228 g/mol. The highest BCUT2D eigenvalue weighted by molar-refractivity contribution is 9.09. The van der Waals surface area contributed by atoms with E-state index >= 15 is 0 Å². The number of alkyl halides is 1. The molecule has 1 aliphatic carbocycles. The second-order valence-corrected chi connectivity index (χ2v) is 4.48. The molecule has 0 radical (unpaired) electrons. The maximum atomic E-state index is 4.41. The van der Waals surface area contributed by atoms with Crippen LogP contribution in [0.25, 0.3) is 0 Å². The Hall–Kier alpha value is -0.310. The smallest absolute Gasteiger partial charge is 0.0693 e. The lowest BCUT2D eigenvalue weighted by molar-refractivity contribution is 0.669. The van der Waals surface area contributed by atoms with E-state index in [1.165, 1.54) is 42.6 Å². The maximum Gasteiger partial charge on any atom is 0.0693 e. The first-order chi connectivity index (χ1) is 6.33. The summed E-state index contributed by atoms with van der Waals surface area (Å²) < 4.78 is 0. The van der Waals surface area contributed by atoms with Crippen molar-refractivity contribution in [2.75, 3.05) is 5.33 Å². The number of fused-ring (bicyclic) bond motifs is 1.